The first-order valence-corrected chi connectivity index (χ1v) is 10.8. The molecule has 4 rings (SSSR count). The molecule has 0 aliphatic carbocycles. The molecular weight excluding hydrogens is 441 g/mol. The number of rotatable bonds is 5. The van der Waals surface area contributed by atoms with Crippen molar-refractivity contribution in [2.45, 2.75) is 19.9 Å². The van der Waals surface area contributed by atoms with E-state index in [0.29, 0.717) is 20.9 Å². The van der Waals surface area contributed by atoms with Gasteiger partial charge >= 0.3 is 0 Å². The standard InChI is InChI=1S/C22H17Cl2N3O2S/c1-13-5-7-14(8-6-13)15-11-30-21-19(15)22(29)27(12-25-21)10-9-18(28)26-17-4-2-3-16(23)20(17)24/h2-8,11-12H,9-10H2,1H3,(H,26,28). The van der Waals surface area contributed by atoms with Crippen molar-refractivity contribution in [1.82, 2.24) is 9.55 Å². The SMILES string of the molecule is Cc1ccc(-c2csc3ncn(CCC(=O)Nc4cccc(Cl)c4Cl)c(=O)c23)cc1. The number of fused-ring (bicyclic) bond motifs is 1. The topological polar surface area (TPSA) is 64.0 Å². The van der Waals surface area contributed by atoms with E-state index < -0.39 is 0 Å². The summed E-state index contributed by atoms with van der Waals surface area (Å²) in [5.41, 5.74) is 3.26. The zero-order valence-corrected chi connectivity index (χ0v) is 18.3. The molecule has 0 saturated carbocycles. The van der Waals surface area contributed by atoms with Crippen molar-refractivity contribution in [3.63, 3.8) is 0 Å². The van der Waals surface area contributed by atoms with E-state index in [9.17, 15) is 9.59 Å². The highest BCUT2D eigenvalue weighted by atomic mass is 35.5. The second kappa shape index (κ2) is 8.60. The molecule has 0 spiro atoms. The molecule has 0 atom stereocenters. The first-order valence-electron chi connectivity index (χ1n) is 9.21. The number of nitrogens with zero attached hydrogens (tertiary/aromatic N) is 2. The van der Waals surface area contributed by atoms with Crippen molar-refractivity contribution in [2.24, 2.45) is 0 Å². The zero-order valence-electron chi connectivity index (χ0n) is 16.0. The average molecular weight is 458 g/mol. The van der Waals surface area contributed by atoms with E-state index in [4.69, 9.17) is 23.2 Å². The number of hydrogen-bond donors (Lipinski definition) is 1. The van der Waals surface area contributed by atoms with Crippen LogP contribution in [0.25, 0.3) is 21.3 Å². The molecule has 2 aromatic heterocycles. The van der Waals surface area contributed by atoms with E-state index in [1.54, 1.807) is 18.2 Å². The maximum atomic E-state index is 13.1. The Morgan fingerprint density at radius 3 is 2.70 bits per heavy atom. The third kappa shape index (κ3) is 4.12. The summed E-state index contributed by atoms with van der Waals surface area (Å²) in [5, 5.41) is 5.89. The van der Waals surface area contributed by atoms with Gasteiger partial charge in [0.1, 0.15) is 4.83 Å². The van der Waals surface area contributed by atoms with Crippen LogP contribution in [0.1, 0.15) is 12.0 Å². The van der Waals surface area contributed by atoms with Crippen LogP contribution in [-0.4, -0.2) is 15.5 Å². The minimum atomic E-state index is -0.268. The molecular formula is C22H17Cl2N3O2S. The summed E-state index contributed by atoms with van der Waals surface area (Å²) in [6.07, 6.45) is 1.58. The van der Waals surface area contributed by atoms with Crippen molar-refractivity contribution in [3.8, 4) is 11.1 Å². The molecule has 0 fully saturated rings. The van der Waals surface area contributed by atoms with Crippen molar-refractivity contribution < 1.29 is 4.79 Å². The highest BCUT2D eigenvalue weighted by molar-refractivity contribution is 7.17. The lowest BCUT2D eigenvalue weighted by atomic mass is 10.1. The number of aromatic nitrogens is 2. The predicted octanol–water partition coefficient (Wildman–Crippen LogP) is 5.77. The summed E-state index contributed by atoms with van der Waals surface area (Å²) in [6.45, 7) is 2.22. The van der Waals surface area contributed by atoms with Crippen LogP contribution in [0.15, 0.2) is 59.0 Å². The minimum Gasteiger partial charge on any atom is -0.325 e. The number of anilines is 1. The molecule has 4 aromatic rings. The minimum absolute atomic E-state index is 0.0972. The fourth-order valence-electron chi connectivity index (χ4n) is 3.11. The number of thiophene rings is 1. The van der Waals surface area contributed by atoms with Gasteiger partial charge in [-0.15, -0.1) is 11.3 Å². The lowest BCUT2D eigenvalue weighted by molar-refractivity contribution is -0.116. The quantitative estimate of drug-likeness (QED) is 0.413. The first-order chi connectivity index (χ1) is 14.4. The van der Waals surface area contributed by atoms with Crippen molar-refractivity contribution >= 4 is 56.3 Å². The number of hydrogen-bond acceptors (Lipinski definition) is 4. The van der Waals surface area contributed by atoms with Gasteiger partial charge in [0.2, 0.25) is 5.91 Å². The Morgan fingerprint density at radius 2 is 1.93 bits per heavy atom. The molecule has 0 unspecified atom stereocenters. The molecule has 152 valence electrons. The van der Waals surface area contributed by atoms with Crippen LogP contribution in [0.4, 0.5) is 5.69 Å². The molecule has 0 bridgehead atoms. The monoisotopic (exact) mass is 457 g/mol. The van der Waals surface area contributed by atoms with E-state index in [-0.39, 0.29) is 29.5 Å². The van der Waals surface area contributed by atoms with E-state index in [1.165, 1.54) is 22.2 Å². The van der Waals surface area contributed by atoms with Crippen LogP contribution in [0.3, 0.4) is 0 Å². The van der Waals surface area contributed by atoms with Gasteiger partial charge in [-0.25, -0.2) is 4.98 Å². The predicted molar refractivity (Wildman–Crippen MR) is 124 cm³/mol. The summed E-state index contributed by atoms with van der Waals surface area (Å²) in [6, 6.07) is 13.0. The maximum absolute atomic E-state index is 13.1. The van der Waals surface area contributed by atoms with Crippen LogP contribution in [0, 0.1) is 6.92 Å². The van der Waals surface area contributed by atoms with Crippen LogP contribution < -0.4 is 10.9 Å². The van der Waals surface area contributed by atoms with E-state index in [1.807, 2.05) is 36.6 Å². The van der Waals surface area contributed by atoms with Gasteiger partial charge in [-0.2, -0.15) is 0 Å². The number of aryl methyl sites for hydroxylation is 2. The molecule has 30 heavy (non-hydrogen) atoms. The number of nitrogens with one attached hydrogen (secondary N) is 1. The van der Waals surface area contributed by atoms with Gasteiger partial charge in [-0.05, 0) is 24.6 Å². The number of amides is 1. The molecule has 2 aromatic carbocycles. The molecule has 0 radical (unpaired) electrons. The van der Waals surface area contributed by atoms with Gasteiger partial charge in [0.05, 0.1) is 27.4 Å². The Morgan fingerprint density at radius 1 is 1.17 bits per heavy atom. The second-order valence-corrected chi connectivity index (χ2v) is 8.48. The van der Waals surface area contributed by atoms with Crippen LogP contribution in [0.5, 0.6) is 0 Å². The normalized spacial score (nSPS) is 11.0. The van der Waals surface area contributed by atoms with Gasteiger partial charge in [-0.3, -0.25) is 14.2 Å². The molecule has 0 aliphatic heterocycles. The van der Waals surface area contributed by atoms with E-state index in [0.717, 1.165) is 16.7 Å². The second-order valence-electron chi connectivity index (χ2n) is 6.84. The van der Waals surface area contributed by atoms with Gasteiger partial charge < -0.3 is 5.32 Å². The Hall–Kier alpha value is -2.67. The fourth-order valence-corrected chi connectivity index (χ4v) is 4.36. The van der Waals surface area contributed by atoms with Crippen molar-refractivity contribution in [3.05, 3.63) is 80.1 Å². The molecule has 1 amide bonds. The molecule has 5 nitrogen and oxygen atoms in total. The van der Waals surface area contributed by atoms with Gasteiger partial charge in [0.25, 0.3) is 5.56 Å². The van der Waals surface area contributed by atoms with Gasteiger partial charge in [0.15, 0.2) is 0 Å². The number of carbonyl (C=O) groups excluding carboxylic acids is 1. The van der Waals surface area contributed by atoms with E-state index >= 15 is 0 Å². The third-order valence-corrected chi connectivity index (χ3v) is 6.43. The Balaban J connectivity index is 1.56. The highest BCUT2D eigenvalue weighted by Crippen LogP contribution is 2.31. The number of carbonyl (C=O) groups is 1. The number of halogens is 2. The summed E-state index contributed by atoms with van der Waals surface area (Å²) in [5.74, 6) is -0.268. The summed E-state index contributed by atoms with van der Waals surface area (Å²) >= 11 is 13.5. The van der Waals surface area contributed by atoms with Gasteiger partial charge in [-0.1, -0.05) is 59.1 Å². The third-order valence-electron chi connectivity index (χ3n) is 4.73. The van der Waals surface area contributed by atoms with E-state index in [2.05, 4.69) is 10.3 Å². The van der Waals surface area contributed by atoms with Crippen LogP contribution >= 0.6 is 34.5 Å². The Labute approximate surface area is 186 Å². The lowest BCUT2D eigenvalue weighted by Gasteiger charge is -2.09. The smallest absolute Gasteiger partial charge is 0.262 e. The lowest BCUT2D eigenvalue weighted by Crippen LogP contribution is -2.23. The number of benzene rings is 2. The highest BCUT2D eigenvalue weighted by Gasteiger charge is 2.14. The Bertz CT molecular complexity index is 1300. The average Bonchev–Trinajstić information content (AvgIpc) is 3.16. The first kappa shape index (κ1) is 20.6. The maximum Gasteiger partial charge on any atom is 0.262 e. The summed E-state index contributed by atoms with van der Waals surface area (Å²) < 4.78 is 1.46. The molecule has 0 saturated heterocycles. The zero-order chi connectivity index (χ0) is 21.3. The van der Waals surface area contributed by atoms with Crippen molar-refractivity contribution in [2.75, 3.05) is 5.32 Å². The van der Waals surface area contributed by atoms with Crippen LogP contribution in [0.2, 0.25) is 10.0 Å². The molecule has 1 N–H and O–H groups in total. The summed E-state index contributed by atoms with van der Waals surface area (Å²) in [7, 11) is 0. The van der Waals surface area contributed by atoms with Crippen LogP contribution in [-0.2, 0) is 11.3 Å². The molecule has 0 aliphatic rings. The summed E-state index contributed by atoms with van der Waals surface area (Å²) in [4.78, 5) is 30.5. The molecule has 8 heteroatoms. The Kier molecular flexibility index (Phi) is 5.90. The molecule has 2 heterocycles. The van der Waals surface area contributed by atoms with Crippen molar-refractivity contribution in [1.29, 1.82) is 0 Å². The largest absolute Gasteiger partial charge is 0.325 e. The fraction of sp³-hybridized carbons (Fsp3) is 0.136. The van der Waals surface area contributed by atoms with Gasteiger partial charge in [0, 0.05) is 23.9 Å².